The summed E-state index contributed by atoms with van der Waals surface area (Å²) in [4.78, 5) is 20.7. The lowest BCUT2D eigenvalue weighted by atomic mass is 10.2. The van der Waals surface area contributed by atoms with Crippen LogP contribution in [0.1, 0.15) is 20.3 Å². The van der Waals surface area contributed by atoms with Gasteiger partial charge in [0.2, 0.25) is 6.41 Å². The van der Waals surface area contributed by atoms with Crippen LogP contribution >= 0.6 is 11.8 Å². The molecule has 6 heteroatoms. The Bertz CT molecular complexity index is 210. The molecule has 0 fully saturated rings. The summed E-state index contributed by atoms with van der Waals surface area (Å²) in [6, 6.07) is -0.837. The fourth-order valence-electron chi connectivity index (χ4n) is 0.871. The Labute approximate surface area is 93.2 Å². The highest BCUT2D eigenvalue weighted by Crippen LogP contribution is 2.15. The molecular weight excluding hydrogens is 218 g/mol. The molecule has 0 aliphatic rings. The lowest BCUT2D eigenvalue weighted by Gasteiger charge is -2.15. The highest BCUT2D eigenvalue weighted by molar-refractivity contribution is 7.99. The molecule has 0 aromatic carbocycles. The number of carboxylic acids is 1. The summed E-state index contributed by atoms with van der Waals surface area (Å²) in [5.41, 5.74) is 0. The number of nitrogens with one attached hydrogen (secondary N) is 1. The summed E-state index contributed by atoms with van der Waals surface area (Å²) in [7, 11) is 0. The Morgan fingerprint density at radius 3 is 2.53 bits per heavy atom. The van der Waals surface area contributed by atoms with Crippen LogP contribution in [0.15, 0.2) is 0 Å². The van der Waals surface area contributed by atoms with Gasteiger partial charge in [-0.3, -0.25) is 4.79 Å². The zero-order chi connectivity index (χ0) is 11.8. The lowest BCUT2D eigenvalue weighted by Crippen LogP contribution is -2.36. The Balaban J connectivity index is 3.80. The zero-order valence-corrected chi connectivity index (χ0v) is 9.66. The maximum atomic E-state index is 10.6. The minimum atomic E-state index is -1.03. The van der Waals surface area contributed by atoms with E-state index in [1.807, 2.05) is 6.92 Å². The van der Waals surface area contributed by atoms with Crippen LogP contribution in [0.2, 0.25) is 0 Å². The lowest BCUT2D eigenvalue weighted by molar-refractivity contribution is -0.140. The zero-order valence-electron chi connectivity index (χ0n) is 8.84. The van der Waals surface area contributed by atoms with Crippen molar-refractivity contribution in [3.8, 4) is 0 Å². The molecule has 0 radical (unpaired) electrons. The Hall–Kier alpha value is -0.750. The molecule has 3 N–H and O–H groups in total. The molecule has 0 saturated carbocycles. The molecule has 15 heavy (non-hydrogen) atoms. The average Bonchev–Trinajstić information content (AvgIpc) is 2.15. The van der Waals surface area contributed by atoms with Gasteiger partial charge in [-0.05, 0) is 19.1 Å². The molecule has 0 aliphatic heterocycles. The second-order valence-corrected chi connectivity index (χ2v) is 4.77. The van der Waals surface area contributed by atoms with E-state index >= 15 is 0 Å². The third-order valence-electron chi connectivity index (χ3n) is 2.03. The summed E-state index contributed by atoms with van der Waals surface area (Å²) in [6.07, 6.45) is 0.328. The maximum Gasteiger partial charge on any atom is 0.326 e. The van der Waals surface area contributed by atoms with E-state index in [9.17, 15) is 14.7 Å². The summed E-state index contributed by atoms with van der Waals surface area (Å²) in [6.45, 7) is 3.56. The minimum absolute atomic E-state index is 0.0654. The van der Waals surface area contributed by atoms with Crippen LogP contribution < -0.4 is 5.32 Å². The highest BCUT2D eigenvalue weighted by atomic mass is 32.2. The third kappa shape index (κ3) is 6.35. The maximum absolute atomic E-state index is 10.6. The van der Waals surface area contributed by atoms with Crippen molar-refractivity contribution >= 4 is 24.1 Å². The number of amides is 1. The predicted octanol–water partition coefficient (Wildman–Crippen LogP) is 0.0782. The van der Waals surface area contributed by atoms with Gasteiger partial charge in [-0.15, -0.1) is 0 Å². The van der Waals surface area contributed by atoms with Crippen LogP contribution in [0.25, 0.3) is 0 Å². The summed E-state index contributed by atoms with van der Waals surface area (Å²) in [5.74, 6) is -0.448. The van der Waals surface area contributed by atoms with E-state index < -0.39 is 18.1 Å². The molecule has 0 heterocycles. The standard InChI is InChI=1S/C9H17NO4S/c1-6(12)7(2)15-4-3-8(9(13)14)10-5-11/h5-8,12H,3-4H2,1-2H3,(H,10,11)(H,13,14). The number of aliphatic carboxylic acids is 1. The van der Waals surface area contributed by atoms with Gasteiger partial charge in [0.25, 0.3) is 0 Å². The first kappa shape index (κ1) is 14.2. The molecule has 0 saturated heterocycles. The van der Waals surface area contributed by atoms with E-state index in [2.05, 4.69) is 5.32 Å². The highest BCUT2D eigenvalue weighted by Gasteiger charge is 2.17. The third-order valence-corrected chi connectivity index (χ3v) is 3.43. The van der Waals surface area contributed by atoms with Crippen LogP contribution in [0.5, 0.6) is 0 Å². The first-order chi connectivity index (χ1) is 6.99. The van der Waals surface area contributed by atoms with Crippen molar-refractivity contribution in [2.24, 2.45) is 0 Å². The van der Waals surface area contributed by atoms with Gasteiger partial charge in [-0.1, -0.05) is 6.92 Å². The number of carbonyl (C=O) groups is 2. The SMILES string of the molecule is CC(O)C(C)SCCC(NC=O)C(=O)O. The number of rotatable bonds is 8. The van der Waals surface area contributed by atoms with Gasteiger partial charge in [0, 0.05) is 5.25 Å². The van der Waals surface area contributed by atoms with Gasteiger partial charge in [-0.2, -0.15) is 11.8 Å². The summed E-state index contributed by atoms with van der Waals surface area (Å²) < 4.78 is 0. The first-order valence-corrected chi connectivity index (χ1v) is 5.76. The van der Waals surface area contributed by atoms with Crippen molar-refractivity contribution in [1.29, 1.82) is 0 Å². The van der Waals surface area contributed by atoms with Crippen LogP contribution in [-0.2, 0) is 9.59 Å². The van der Waals surface area contributed by atoms with Crippen molar-refractivity contribution in [3.63, 3.8) is 0 Å². The van der Waals surface area contributed by atoms with E-state index in [-0.39, 0.29) is 5.25 Å². The van der Waals surface area contributed by atoms with E-state index in [0.29, 0.717) is 18.6 Å². The quantitative estimate of drug-likeness (QED) is 0.519. The average molecular weight is 235 g/mol. The Morgan fingerprint density at radius 1 is 1.53 bits per heavy atom. The number of thioether (sulfide) groups is 1. The van der Waals surface area contributed by atoms with Crippen LogP contribution in [0.4, 0.5) is 0 Å². The van der Waals surface area contributed by atoms with Gasteiger partial charge in [0.15, 0.2) is 0 Å². The van der Waals surface area contributed by atoms with Crippen LogP contribution in [0.3, 0.4) is 0 Å². The van der Waals surface area contributed by atoms with Gasteiger partial charge in [-0.25, -0.2) is 4.79 Å². The number of carboxylic acid groups (broad SMARTS) is 1. The molecule has 5 nitrogen and oxygen atoms in total. The number of hydrogen-bond acceptors (Lipinski definition) is 4. The van der Waals surface area contributed by atoms with Crippen molar-refractivity contribution < 1.29 is 19.8 Å². The molecule has 88 valence electrons. The number of aliphatic hydroxyl groups excluding tert-OH is 1. The van der Waals surface area contributed by atoms with E-state index in [4.69, 9.17) is 5.11 Å². The number of hydrogen-bond donors (Lipinski definition) is 3. The van der Waals surface area contributed by atoms with E-state index in [1.165, 1.54) is 11.8 Å². The minimum Gasteiger partial charge on any atom is -0.480 e. The fraction of sp³-hybridized carbons (Fsp3) is 0.778. The van der Waals surface area contributed by atoms with Crippen molar-refractivity contribution in [3.05, 3.63) is 0 Å². The van der Waals surface area contributed by atoms with Gasteiger partial charge in [0.1, 0.15) is 6.04 Å². The van der Waals surface area contributed by atoms with Crippen molar-refractivity contribution in [2.75, 3.05) is 5.75 Å². The van der Waals surface area contributed by atoms with Gasteiger partial charge in [0.05, 0.1) is 6.10 Å². The second-order valence-electron chi connectivity index (χ2n) is 3.28. The monoisotopic (exact) mass is 235 g/mol. The molecule has 0 aromatic rings. The van der Waals surface area contributed by atoms with E-state index in [1.54, 1.807) is 6.92 Å². The summed E-state index contributed by atoms with van der Waals surface area (Å²) in [5, 5.41) is 20.2. The molecule has 3 atom stereocenters. The molecule has 0 rings (SSSR count). The van der Waals surface area contributed by atoms with Crippen LogP contribution in [-0.4, -0.2) is 45.7 Å². The Morgan fingerprint density at radius 2 is 2.13 bits per heavy atom. The molecule has 3 unspecified atom stereocenters. The molecule has 1 amide bonds. The molecule has 0 aliphatic carbocycles. The normalized spacial score (nSPS) is 16.5. The van der Waals surface area contributed by atoms with Crippen LogP contribution in [0, 0.1) is 0 Å². The topological polar surface area (TPSA) is 86.6 Å². The smallest absolute Gasteiger partial charge is 0.326 e. The van der Waals surface area contributed by atoms with Crippen molar-refractivity contribution in [1.82, 2.24) is 5.32 Å². The second kappa shape index (κ2) is 7.53. The van der Waals surface area contributed by atoms with Gasteiger partial charge >= 0.3 is 5.97 Å². The number of aliphatic hydroxyl groups is 1. The molecule has 0 aromatic heterocycles. The first-order valence-electron chi connectivity index (χ1n) is 4.71. The Kier molecular flexibility index (Phi) is 7.15. The number of carbonyl (C=O) groups excluding carboxylic acids is 1. The summed E-state index contributed by atoms with van der Waals surface area (Å²) >= 11 is 1.49. The fourth-order valence-corrected chi connectivity index (χ4v) is 1.89. The largest absolute Gasteiger partial charge is 0.480 e. The van der Waals surface area contributed by atoms with Crippen molar-refractivity contribution in [2.45, 2.75) is 37.7 Å². The predicted molar refractivity (Wildman–Crippen MR) is 58.8 cm³/mol. The molecular formula is C9H17NO4S. The molecule has 0 bridgehead atoms. The van der Waals surface area contributed by atoms with E-state index in [0.717, 1.165) is 0 Å². The molecule has 0 spiro atoms. The van der Waals surface area contributed by atoms with Gasteiger partial charge < -0.3 is 15.5 Å².